The minimum Gasteiger partial charge on any atom is -0.481 e. The minimum absolute atomic E-state index is 0.116. The number of aliphatic carboxylic acids is 1. The maximum Gasteiger partial charge on any atom is 0.311 e. The smallest absolute Gasteiger partial charge is 0.311 e. The zero-order chi connectivity index (χ0) is 18.5. The van der Waals surface area contributed by atoms with Crippen molar-refractivity contribution in [3.8, 4) is 0 Å². The number of hydrogen-bond acceptors (Lipinski definition) is 4. The first-order chi connectivity index (χ1) is 11.6. The quantitative estimate of drug-likeness (QED) is 0.852. The third kappa shape index (κ3) is 2.71. The molecule has 2 aromatic rings. The fraction of sp³-hybridized carbons (Fsp3) is 0.529. The lowest BCUT2D eigenvalue weighted by molar-refractivity contribution is -0.147. The molecule has 1 amide bonds. The lowest BCUT2D eigenvalue weighted by atomic mass is 9.90. The van der Waals surface area contributed by atoms with Gasteiger partial charge in [-0.05, 0) is 38.3 Å². The molecule has 0 aliphatic carbocycles. The summed E-state index contributed by atoms with van der Waals surface area (Å²) in [6.45, 7) is 5.94. The van der Waals surface area contributed by atoms with E-state index in [9.17, 15) is 19.5 Å². The van der Waals surface area contributed by atoms with Gasteiger partial charge >= 0.3 is 5.97 Å². The Kier molecular flexibility index (Phi) is 3.93. The van der Waals surface area contributed by atoms with Crippen LogP contribution in [0.5, 0.6) is 0 Å². The molecular formula is C17H22N4O4. The summed E-state index contributed by atoms with van der Waals surface area (Å²) in [5, 5.41) is 12.5. The van der Waals surface area contributed by atoms with Gasteiger partial charge in [-0.3, -0.25) is 24.2 Å². The van der Waals surface area contributed by atoms with Crippen LogP contribution in [0.25, 0.3) is 11.0 Å². The Balaban J connectivity index is 1.91. The Bertz CT molecular complexity index is 942. The van der Waals surface area contributed by atoms with Crippen LogP contribution in [-0.2, 0) is 23.1 Å². The van der Waals surface area contributed by atoms with Crippen LogP contribution >= 0.6 is 0 Å². The molecule has 0 radical (unpaired) electrons. The molecule has 1 unspecified atom stereocenters. The SMILES string of the molecule is Cc1nc2c(c(C)c1CC(=O)N1CCC(C)(C(=O)O)C1)c(=O)[nH]n2C. The number of amides is 1. The number of aryl methyl sites for hydroxylation is 3. The van der Waals surface area contributed by atoms with Gasteiger partial charge in [0.1, 0.15) is 0 Å². The van der Waals surface area contributed by atoms with Gasteiger partial charge in [0, 0.05) is 25.8 Å². The van der Waals surface area contributed by atoms with Crippen LogP contribution in [0.3, 0.4) is 0 Å². The largest absolute Gasteiger partial charge is 0.481 e. The zero-order valence-electron chi connectivity index (χ0n) is 14.8. The number of carbonyl (C=O) groups excluding carboxylic acids is 1. The van der Waals surface area contributed by atoms with Crippen molar-refractivity contribution in [1.29, 1.82) is 0 Å². The highest BCUT2D eigenvalue weighted by Crippen LogP contribution is 2.31. The van der Waals surface area contributed by atoms with E-state index in [1.807, 2.05) is 13.8 Å². The van der Waals surface area contributed by atoms with Crippen molar-refractivity contribution < 1.29 is 14.7 Å². The topological polar surface area (TPSA) is 108 Å². The standard InChI is InChI=1S/C17H22N4O4/c1-9-11(10(2)18-14-13(9)15(23)19-20(14)4)7-12(22)21-6-5-17(3,8-21)16(24)25/h5-8H2,1-4H3,(H,19,23)(H,24,25). The van der Waals surface area contributed by atoms with Gasteiger partial charge in [0.15, 0.2) is 5.65 Å². The molecule has 1 saturated heterocycles. The highest BCUT2D eigenvalue weighted by molar-refractivity contribution is 5.85. The molecule has 2 N–H and O–H groups in total. The molecule has 0 aromatic carbocycles. The van der Waals surface area contributed by atoms with E-state index in [0.717, 1.165) is 11.1 Å². The monoisotopic (exact) mass is 346 g/mol. The maximum atomic E-state index is 12.7. The molecule has 2 aromatic heterocycles. The van der Waals surface area contributed by atoms with Crippen molar-refractivity contribution in [2.24, 2.45) is 12.5 Å². The number of nitrogens with zero attached hydrogens (tertiary/aromatic N) is 3. The molecular weight excluding hydrogens is 324 g/mol. The van der Waals surface area contributed by atoms with E-state index in [-0.39, 0.29) is 24.4 Å². The molecule has 8 nitrogen and oxygen atoms in total. The first-order valence-electron chi connectivity index (χ1n) is 8.20. The molecule has 0 saturated carbocycles. The van der Waals surface area contributed by atoms with Gasteiger partial charge in [-0.1, -0.05) is 0 Å². The average Bonchev–Trinajstić information content (AvgIpc) is 3.05. The number of carbonyl (C=O) groups is 2. The number of H-pyrrole nitrogens is 1. The molecule has 1 aliphatic heterocycles. The van der Waals surface area contributed by atoms with Gasteiger partial charge in [-0.2, -0.15) is 0 Å². The van der Waals surface area contributed by atoms with E-state index < -0.39 is 11.4 Å². The van der Waals surface area contributed by atoms with Crippen molar-refractivity contribution >= 4 is 22.9 Å². The van der Waals surface area contributed by atoms with Gasteiger partial charge in [0.25, 0.3) is 5.56 Å². The number of fused-ring (bicyclic) bond motifs is 1. The molecule has 3 heterocycles. The number of carboxylic acids is 1. The minimum atomic E-state index is -0.890. The Labute approximate surface area is 144 Å². The second-order valence-corrected chi connectivity index (χ2v) is 7.11. The Morgan fingerprint density at radius 1 is 1.36 bits per heavy atom. The summed E-state index contributed by atoms with van der Waals surface area (Å²) < 4.78 is 1.57. The molecule has 1 aliphatic rings. The van der Waals surface area contributed by atoms with Gasteiger partial charge in [-0.15, -0.1) is 0 Å². The van der Waals surface area contributed by atoms with Crippen molar-refractivity contribution in [3.63, 3.8) is 0 Å². The maximum absolute atomic E-state index is 12.7. The third-order valence-electron chi connectivity index (χ3n) is 5.25. The van der Waals surface area contributed by atoms with Gasteiger partial charge in [0.05, 0.1) is 17.2 Å². The molecule has 8 heteroatoms. The van der Waals surface area contributed by atoms with Crippen LogP contribution in [0.1, 0.15) is 30.2 Å². The number of carboxylic acid groups (broad SMARTS) is 1. The number of pyridine rings is 1. The van der Waals surface area contributed by atoms with E-state index in [1.165, 1.54) is 0 Å². The van der Waals surface area contributed by atoms with Crippen molar-refractivity contribution in [2.75, 3.05) is 13.1 Å². The number of aromatic nitrogens is 3. The van der Waals surface area contributed by atoms with Crippen molar-refractivity contribution in [3.05, 3.63) is 27.2 Å². The molecule has 134 valence electrons. The summed E-state index contributed by atoms with van der Waals surface area (Å²) in [4.78, 5) is 42.2. The fourth-order valence-corrected chi connectivity index (χ4v) is 3.52. The molecule has 1 fully saturated rings. The van der Waals surface area contributed by atoms with Crippen LogP contribution in [0, 0.1) is 19.3 Å². The predicted molar refractivity (Wildman–Crippen MR) is 91.5 cm³/mol. The predicted octanol–water partition coefficient (Wildman–Crippen LogP) is 0.744. The van der Waals surface area contributed by atoms with E-state index in [4.69, 9.17) is 0 Å². The van der Waals surface area contributed by atoms with Crippen LogP contribution in [0.2, 0.25) is 0 Å². The lowest BCUT2D eigenvalue weighted by Crippen LogP contribution is -2.35. The Hall–Kier alpha value is -2.64. The van der Waals surface area contributed by atoms with Gasteiger partial charge in [-0.25, -0.2) is 4.98 Å². The lowest BCUT2D eigenvalue weighted by Gasteiger charge is -2.21. The van der Waals surface area contributed by atoms with Gasteiger partial charge < -0.3 is 10.0 Å². The van der Waals surface area contributed by atoms with E-state index in [2.05, 4.69) is 10.1 Å². The highest BCUT2D eigenvalue weighted by atomic mass is 16.4. The fourth-order valence-electron chi connectivity index (χ4n) is 3.52. The number of aromatic amines is 1. The third-order valence-corrected chi connectivity index (χ3v) is 5.25. The first kappa shape index (κ1) is 17.2. The summed E-state index contributed by atoms with van der Waals surface area (Å²) in [5.74, 6) is -1.02. The van der Waals surface area contributed by atoms with E-state index in [0.29, 0.717) is 29.7 Å². The van der Waals surface area contributed by atoms with Crippen molar-refractivity contribution in [2.45, 2.75) is 33.6 Å². The van der Waals surface area contributed by atoms with Crippen LogP contribution < -0.4 is 5.56 Å². The molecule has 3 rings (SSSR count). The Morgan fingerprint density at radius 2 is 2.04 bits per heavy atom. The number of likely N-dealkylation sites (tertiary alicyclic amines) is 1. The number of nitrogens with one attached hydrogen (secondary N) is 1. The molecule has 1 atom stereocenters. The second kappa shape index (κ2) is 5.72. The normalized spacial score (nSPS) is 20.4. The highest BCUT2D eigenvalue weighted by Gasteiger charge is 2.42. The van der Waals surface area contributed by atoms with Crippen molar-refractivity contribution in [1.82, 2.24) is 19.7 Å². The summed E-state index contributed by atoms with van der Waals surface area (Å²) in [6, 6.07) is 0. The summed E-state index contributed by atoms with van der Waals surface area (Å²) >= 11 is 0. The molecule has 0 spiro atoms. The first-order valence-corrected chi connectivity index (χ1v) is 8.20. The summed E-state index contributed by atoms with van der Waals surface area (Å²) in [6.07, 6.45) is 0.562. The van der Waals surface area contributed by atoms with Crippen LogP contribution in [0.4, 0.5) is 0 Å². The Morgan fingerprint density at radius 3 is 2.64 bits per heavy atom. The zero-order valence-corrected chi connectivity index (χ0v) is 14.8. The number of hydrogen-bond donors (Lipinski definition) is 2. The average molecular weight is 346 g/mol. The van der Waals surface area contributed by atoms with Gasteiger partial charge in [0.2, 0.25) is 5.91 Å². The van der Waals surface area contributed by atoms with E-state index in [1.54, 1.807) is 23.6 Å². The number of rotatable bonds is 3. The van der Waals surface area contributed by atoms with E-state index >= 15 is 0 Å². The summed E-state index contributed by atoms with van der Waals surface area (Å²) in [7, 11) is 1.72. The van der Waals surface area contributed by atoms with Crippen LogP contribution in [0.15, 0.2) is 4.79 Å². The van der Waals surface area contributed by atoms with Crippen LogP contribution in [-0.4, -0.2) is 49.7 Å². The second-order valence-electron chi connectivity index (χ2n) is 7.11. The molecule has 25 heavy (non-hydrogen) atoms. The summed E-state index contributed by atoms with van der Waals surface area (Å²) in [5.41, 5.74) is 1.63. The molecule has 0 bridgehead atoms.